The number of hydrogen-bond acceptors (Lipinski definition) is 17. The first-order valence-corrected chi connectivity index (χ1v) is 17.0. The molecule has 3 fully saturated rings. The molecular formula is C22H27FN10O11P2. The van der Waals surface area contributed by atoms with E-state index in [0.29, 0.717) is 0 Å². The molecule has 24 heteroatoms. The summed E-state index contributed by atoms with van der Waals surface area (Å²) < 4.78 is 85.0. The monoisotopic (exact) mass is 688 g/mol. The number of aromatic amines is 1. The third-order valence-corrected chi connectivity index (χ3v) is 9.88. The van der Waals surface area contributed by atoms with Crippen LogP contribution in [0, 0.1) is 0 Å². The third kappa shape index (κ3) is 5.39. The topological polar surface area (TPSA) is 278 Å². The number of nitrogen functional groups attached to an aromatic ring is 2. The van der Waals surface area contributed by atoms with Crippen molar-refractivity contribution in [1.29, 1.82) is 0 Å². The second-order valence-electron chi connectivity index (χ2n) is 10.6. The number of H-pyrrole nitrogens is 1. The highest BCUT2D eigenvalue weighted by atomic mass is 31.2. The van der Waals surface area contributed by atoms with Crippen molar-refractivity contribution in [3.8, 4) is 0 Å². The molecule has 0 aliphatic carbocycles. The maximum absolute atomic E-state index is 15.9. The van der Waals surface area contributed by atoms with E-state index in [0.717, 1.165) is 17.6 Å². The number of methoxy groups -OCH3 is 1. The minimum absolute atomic E-state index is 0.110. The Hall–Kier alpha value is -3.43. The Bertz CT molecular complexity index is 1960. The lowest BCUT2D eigenvalue weighted by Gasteiger charge is -2.27. The van der Waals surface area contributed by atoms with Gasteiger partial charge in [-0.2, -0.15) is 4.98 Å². The molecule has 7 heterocycles. The molecule has 10 atom stereocenters. The number of fused-ring (bicyclic) bond motifs is 5. The molecule has 6 N–H and O–H groups in total. The third-order valence-electron chi connectivity index (χ3n) is 7.65. The van der Waals surface area contributed by atoms with Crippen LogP contribution in [-0.2, 0) is 41.4 Å². The largest absolute Gasteiger partial charge is 0.472 e. The number of nitrogens with zero attached hydrogens (tertiary/aromatic N) is 7. The Labute approximate surface area is 256 Å². The lowest BCUT2D eigenvalue weighted by atomic mass is 10.1. The van der Waals surface area contributed by atoms with Gasteiger partial charge < -0.3 is 35.1 Å². The van der Waals surface area contributed by atoms with Crippen molar-refractivity contribution in [2.75, 3.05) is 38.5 Å². The first-order valence-electron chi connectivity index (χ1n) is 13.5. The molecule has 3 aliphatic rings. The fourth-order valence-corrected chi connectivity index (χ4v) is 7.71. The Morgan fingerprint density at radius 3 is 2.43 bits per heavy atom. The highest BCUT2D eigenvalue weighted by Crippen LogP contribution is 2.54. The molecule has 4 aromatic heterocycles. The number of nitrogens with one attached hydrogen (secondary N) is 1. The van der Waals surface area contributed by atoms with Crippen LogP contribution in [0.2, 0.25) is 0 Å². The molecule has 248 valence electrons. The molecule has 4 aromatic rings. The summed E-state index contributed by atoms with van der Waals surface area (Å²) in [5.74, 6) is -0.161. The molecule has 0 radical (unpaired) electrons. The van der Waals surface area contributed by atoms with E-state index in [1.807, 2.05) is 0 Å². The van der Waals surface area contributed by atoms with Gasteiger partial charge in [0.15, 0.2) is 41.3 Å². The summed E-state index contributed by atoms with van der Waals surface area (Å²) in [6.45, 7) is -0.177. The number of nitrogens with two attached hydrogens (primary N) is 2. The van der Waals surface area contributed by atoms with Gasteiger partial charge >= 0.3 is 15.4 Å². The number of alkyl halides is 1. The number of rotatable bonds is 3. The summed E-state index contributed by atoms with van der Waals surface area (Å²) in [5, 5.41) is 0. The van der Waals surface area contributed by atoms with Crippen molar-refractivity contribution in [2.45, 2.75) is 49.1 Å². The lowest BCUT2D eigenvalue weighted by Crippen LogP contribution is -2.37. The Morgan fingerprint density at radius 1 is 0.978 bits per heavy atom. The Morgan fingerprint density at radius 2 is 1.67 bits per heavy atom. The molecule has 46 heavy (non-hydrogen) atoms. The van der Waals surface area contributed by atoms with Crippen LogP contribution in [0.1, 0.15) is 12.5 Å². The first-order chi connectivity index (χ1) is 21.9. The molecule has 0 spiro atoms. The Balaban J connectivity index is 1.22. The van der Waals surface area contributed by atoms with E-state index in [-0.39, 0.29) is 34.1 Å². The van der Waals surface area contributed by atoms with Crippen LogP contribution in [0.5, 0.6) is 0 Å². The summed E-state index contributed by atoms with van der Waals surface area (Å²) in [5.41, 5.74) is 11.2. The van der Waals surface area contributed by atoms with E-state index < -0.39 is 83.3 Å². The number of hydrogen-bond donors (Lipinski definition) is 4. The lowest BCUT2D eigenvalue weighted by molar-refractivity contribution is -0.0655. The second kappa shape index (κ2) is 11.4. The number of halogens is 1. The molecule has 21 nitrogen and oxygen atoms in total. The summed E-state index contributed by atoms with van der Waals surface area (Å²) in [7, 11) is -7.81. The van der Waals surface area contributed by atoms with Crippen LogP contribution in [0.15, 0.2) is 23.8 Å². The summed E-state index contributed by atoms with van der Waals surface area (Å²) in [6.07, 6.45) is -7.78. The fourth-order valence-electron chi connectivity index (χ4n) is 5.61. The van der Waals surface area contributed by atoms with Gasteiger partial charge in [-0.05, 0) is 0 Å². The van der Waals surface area contributed by atoms with Gasteiger partial charge in [0, 0.05) is 13.8 Å². The number of phosphoric ester groups is 1. The summed E-state index contributed by atoms with van der Waals surface area (Å²) in [6, 6.07) is 0. The summed E-state index contributed by atoms with van der Waals surface area (Å²) >= 11 is 0. The van der Waals surface area contributed by atoms with Crippen LogP contribution >= 0.6 is 15.4 Å². The number of aromatic nitrogens is 8. The number of imidazole rings is 2. The van der Waals surface area contributed by atoms with Gasteiger partial charge in [-0.15, -0.1) is 0 Å². The highest BCUT2D eigenvalue weighted by molar-refractivity contribution is 7.53. The van der Waals surface area contributed by atoms with Gasteiger partial charge in [0.05, 0.1) is 25.9 Å². The standard InChI is InChI=1S/C22H27FN10O11P2/c1-38-15-13-9(42-21(15)32-6-28-11-16(24)26-5-27-17(11)32)4-40-46(36,37)44-14-10(23)8(3-39-45(2,35)43-13)41-20(14)33-7-29-12-18(33)30-22(25)31-19(12)34/h5-10,13-15,20-21H,3-4H2,1-2H3,(H,36,37)(H2,24,26,27)(H3,25,30,31,34)/t8-,9-,10-,13-,14-,15-,20-,21-,45?/m1/s1. The maximum Gasteiger partial charge on any atom is 0.472 e. The van der Waals surface area contributed by atoms with E-state index in [9.17, 15) is 18.8 Å². The van der Waals surface area contributed by atoms with Crippen LogP contribution in [-0.4, -0.2) is 108 Å². The van der Waals surface area contributed by atoms with Crippen molar-refractivity contribution in [3.05, 3.63) is 29.3 Å². The second-order valence-corrected chi connectivity index (χ2v) is 14.0. The van der Waals surface area contributed by atoms with E-state index in [4.69, 9.17) is 43.8 Å². The SMILES string of the molecule is CO[C@@H]1[C@@H]2OP(C)(=O)OC[C@H]3O[C@@H](n4cnc5c(=O)[nH]c(N)nc54)[C@H](OP(=O)(O)OC[C@H]2O[C@H]1n1cnc2c(N)ncnc21)[C@@H]3F. The molecular weight excluding hydrogens is 661 g/mol. The number of phosphoric acid groups is 1. The zero-order chi connectivity index (χ0) is 32.5. The van der Waals surface area contributed by atoms with E-state index in [1.54, 1.807) is 0 Å². The number of anilines is 2. The predicted molar refractivity (Wildman–Crippen MR) is 151 cm³/mol. The minimum Gasteiger partial charge on any atom is -0.382 e. The highest BCUT2D eigenvalue weighted by Gasteiger charge is 2.54. The van der Waals surface area contributed by atoms with Crippen molar-refractivity contribution < 1.29 is 50.7 Å². The zero-order valence-corrected chi connectivity index (χ0v) is 25.6. The molecule has 2 bridgehead atoms. The van der Waals surface area contributed by atoms with Gasteiger partial charge in [-0.25, -0.2) is 28.9 Å². The van der Waals surface area contributed by atoms with Crippen molar-refractivity contribution in [1.82, 2.24) is 39.0 Å². The molecule has 0 saturated carbocycles. The summed E-state index contributed by atoms with van der Waals surface area (Å²) in [4.78, 5) is 45.7. The van der Waals surface area contributed by atoms with Crippen LogP contribution in [0.4, 0.5) is 16.2 Å². The van der Waals surface area contributed by atoms with Crippen LogP contribution in [0.25, 0.3) is 22.3 Å². The van der Waals surface area contributed by atoms with Crippen molar-refractivity contribution in [2.24, 2.45) is 0 Å². The van der Waals surface area contributed by atoms with Gasteiger partial charge in [0.2, 0.25) is 5.95 Å². The van der Waals surface area contributed by atoms with E-state index >= 15 is 4.39 Å². The zero-order valence-electron chi connectivity index (χ0n) is 23.9. The fraction of sp³-hybridized carbons (Fsp3) is 0.545. The normalized spacial score (nSPS) is 37.1. The molecule has 0 aromatic carbocycles. The Kier molecular flexibility index (Phi) is 7.71. The van der Waals surface area contributed by atoms with Crippen molar-refractivity contribution >= 4 is 49.5 Å². The quantitative estimate of drug-likeness (QED) is 0.206. The molecule has 0 amide bonds. The smallest absolute Gasteiger partial charge is 0.382 e. The van der Waals surface area contributed by atoms with E-state index in [2.05, 4.69) is 29.9 Å². The predicted octanol–water partition coefficient (Wildman–Crippen LogP) is 0.0123. The molecule has 7 rings (SSSR count). The van der Waals surface area contributed by atoms with Crippen LogP contribution in [0.3, 0.4) is 0 Å². The van der Waals surface area contributed by atoms with Gasteiger partial charge in [-0.3, -0.25) is 37.0 Å². The average molecular weight is 688 g/mol. The van der Waals surface area contributed by atoms with Gasteiger partial charge in [0.25, 0.3) is 5.56 Å². The maximum atomic E-state index is 15.9. The molecule has 3 aliphatic heterocycles. The van der Waals surface area contributed by atoms with E-state index in [1.165, 1.54) is 24.3 Å². The van der Waals surface area contributed by atoms with Crippen LogP contribution < -0.4 is 17.0 Å². The molecule has 2 unspecified atom stereocenters. The van der Waals surface area contributed by atoms with Crippen molar-refractivity contribution in [3.63, 3.8) is 0 Å². The van der Waals surface area contributed by atoms with Gasteiger partial charge in [-0.1, -0.05) is 0 Å². The first kappa shape index (κ1) is 31.2. The van der Waals surface area contributed by atoms with Gasteiger partial charge in [0.1, 0.15) is 42.4 Å². The molecule has 3 saturated heterocycles. The minimum atomic E-state index is -5.10. The number of ether oxygens (including phenoxy) is 3. The average Bonchev–Trinajstić information content (AvgIpc) is 3.75.